The van der Waals surface area contributed by atoms with Gasteiger partial charge in [0, 0.05) is 18.4 Å². The van der Waals surface area contributed by atoms with E-state index in [4.69, 9.17) is 5.11 Å². The highest BCUT2D eigenvalue weighted by Crippen LogP contribution is 2.29. The van der Waals surface area contributed by atoms with E-state index >= 15 is 0 Å². The molecule has 0 radical (unpaired) electrons. The summed E-state index contributed by atoms with van der Waals surface area (Å²) in [5.74, 6) is 0.830. The van der Waals surface area contributed by atoms with Gasteiger partial charge >= 0.3 is 0 Å². The second-order valence-corrected chi connectivity index (χ2v) is 4.39. The summed E-state index contributed by atoms with van der Waals surface area (Å²) in [6.07, 6.45) is 0. The van der Waals surface area contributed by atoms with Crippen molar-refractivity contribution in [2.24, 2.45) is 5.92 Å². The maximum atomic E-state index is 10.7. The van der Waals surface area contributed by atoms with Gasteiger partial charge in [-0.25, -0.2) is 0 Å². The Morgan fingerprint density at radius 3 is 2.80 bits per heavy atom. The van der Waals surface area contributed by atoms with E-state index in [1.807, 2.05) is 6.92 Å². The summed E-state index contributed by atoms with van der Waals surface area (Å²) in [5, 5.41) is 19.5. The minimum atomic E-state index is -0.383. The SMILES string of the molecule is C[C@@H](CO)CSc1ccccc1[N+](=O)[O-]. The molecule has 1 aromatic rings. The van der Waals surface area contributed by atoms with E-state index in [0.29, 0.717) is 10.6 Å². The summed E-state index contributed by atoms with van der Waals surface area (Å²) >= 11 is 1.41. The molecule has 0 bridgehead atoms. The molecule has 1 N–H and O–H groups in total. The predicted octanol–water partition coefficient (Wildman–Crippen LogP) is 2.32. The van der Waals surface area contributed by atoms with E-state index in [-0.39, 0.29) is 23.1 Å². The molecular weight excluding hydrogens is 214 g/mol. The number of rotatable bonds is 5. The van der Waals surface area contributed by atoms with Gasteiger partial charge in [0.15, 0.2) is 0 Å². The Morgan fingerprint density at radius 2 is 2.20 bits per heavy atom. The molecule has 82 valence electrons. The van der Waals surface area contributed by atoms with Crippen LogP contribution in [-0.2, 0) is 0 Å². The zero-order chi connectivity index (χ0) is 11.3. The molecule has 0 heterocycles. The van der Waals surface area contributed by atoms with Crippen LogP contribution in [0.3, 0.4) is 0 Å². The number of thioether (sulfide) groups is 1. The van der Waals surface area contributed by atoms with Crippen LogP contribution in [0.15, 0.2) is 29.2 Å². The van der Waals surface area contributed by atoms with Crippen LogP contribution in [-0.4, -0.2) is 22.4 Å². The fraction of sp³-hybridized carbons (Fsp3) is 0.400. The van der Waals surface area contributed by atoms with Gasteiger partial charge in [-0.15, -0.1) is 11.8 Å². The molecule has 0 saturated carbocycles. The normalized spacial score (nSPS) is 12.4. The number of hydrogen-bond donors (Lipinski definition) is 1. The molecule has 15 heavy (non-hydrogen) atoms. The summed E-state index contributed by atoms with van der Waals surface area (Å²) < 4.78 is 0. The van der Waals surface area contributed by atoms with Crippen molar-refractivity contribution in [2.75, 3.05) is 12.4 Å². The number of aliphatic hydroxyl groups is 1. The maximum Gasteiger partial charge on any atom is 0.282 e. The largest absolute Gasteiger partial charge is 0.396 e. The Morgan fingerprint density at radius 1 is 1.53 bits per heavy atom. The van der Waals surface area contributed by atoms with Gasteiger partial charge in [-0.3, -0.25) is 10.1 Å². The standard InChI is InChI=1S/C10H13NO3S/c1-8(6-12)7-15-10-5-3-2-4-9(10)11(13)14/h2-5,8,12H,6-7H2,1H3/t8-/m0/s1. The summed E-state index contributed by atoms with van der Waals surface area (Å²) in [6, 6.07) is 6.65. The fourth-order valence-corrected chi connectivity index (χ4v) is 2.05. The fourth-order valence-electron chi connectivity index (χ4n) is 1.01. The maximum absolute atomic E-state index is 10.7. The van der Waals surface area contributed by atoms with Crippen LogP contribution in [0.4, 0.5) is 5.69 Å². The minimum Gasteiger partial charge on any atom is -0.396 e. The average Bonchev–Trinajstić information content (AvgIpc) is 2.26. The average molecular weight is 227 g/mol. The highest BCUT2D eigenvalue weighted by molar-refractivity contribution is 7.99. The van der Waals surface area contributed by atoms with Crippen molar-refractivity contribution in [3.63, 3.8) is 0 Å². The first-order chi connectivity index (χ1) is 7.15. The van der Waals surface area contributed by atoms with E-state index in [0.717, 1.165) is 0 Å². The van der Waals surface area contributed by atoms with E-state index in [1.165, 1.54) is 17.8 Å². The number of nitrogens with zero attached hydrogens (tertiary/aromatic N) is 1. The number of nitro benzene ring substituents is 1. The Balaban J connectivity index is 2.72. The van der Waals surface area contributed by atoms with Gasteiger partial charge in [-0.1, -0.05) is 19.1 Å². The van der Waals surface area contributed by atoms with Gasteiger partial charge in [-0.2, -0.15) is 0 Å². The molecular formula is C10H13NO3S. The smallest absolute Gasteiger partial charge is 0.282 e. The van der Waals surface area contributed by atoms with Crippen molar-refractivity contribution < 1.29 is 10.0 Å². The lowest BCUT2D eigenvalue weighted by Gasteiger charge is -2.06. The molecule has 0 aliphatic carbocycles. The van der Waals surface area contributed by atoms with Crippen molar-refractivity contribution in [1.29, 1.82) is 0 Å². The highest BCUT2D eigenvalue weighted by atomic mass is 32.2. The van der Waals surface area contributed by atoms with Crippen LogP contribution in [0, 0.1) is 16.0 Å². The van der Waals surface area contributed by atoms with Gasteiger partial charge in [0.05, 0.1) is 9.82 Å². The lowest BCUT2D eigenvalue weighted by atomic mass is 10.2. The second kappa shape index (κ2) is 5.72. The molecule has 0 saturated heterocycles. The molecule has 0 aliphatic heterocycles. The van der Waals surface area contributed by atoms with E-state index in [2.05, 4.69) is 0 Å². The van der Waals surface area contributed by atoms with Crippen LogP contribution in [0.1, 0.15) is 6.92 Å². The third-order valence-electron chi connectivity index (χ3n) is 1.90. The molecule has 0 aromatic heterocycles. The molecule has 1 aromatic carbocycles. The number of para-hydroxylation sites is 1. The number of aliphatic hydroxyl groups excluding tert-OH is 1. The number of hydrogen-bond acceptors (Lipinski definition) is 4. The summed E-state index contributed by atoms with van der Waals surface area (Å²) in [7, 11) is 0. The van der Waals surface area contributed by atoms with E-state index in [9.17, 15) is 10.1 Å². The van der Waals surface area contributed by atoms with Gasteiger partial charge in [-0.05, 0) is 12.0 Å². The van der Waals surface area contributed by atoms with Crippen molar-refractivity contribution in [3.8, 4) is 0 Å². The van der Waals surface area contributed by atoms with Crippen molar-refractivity contribution in [3.05, 3.63) is 34.4 Å². The molecule has 0 amide bonds. The third-order valence-corrected chi connectivity index (χ3v) is 3.29. The Labute approximate surface area is 92.5 Å². The summed E-state index contributed by atoms with van der Waals surface area (Å²) in [4.78, 5) is 11.0. The second-order valence-electron chi connectivity index (χ2n) is 3.32. The lowest BCUT2D eigenvalue weighted by molar-refractivity contribution is -0.387. The molecule has 1 rings (SSSR count). The lowest BCUT2D eigenvalue weighted by Crippen LogP contribution is -2.03. The molecule has 0 fully saturated rings. The van der Waals surface area contributed by atoms with Crippen LogP contribution in [0.5, 0.6) is 0 Å². The highest BCUT2D eigenvalue weighted by Gasteiger charge is 2.13. The first-order valence-electron chi connectivity index (χ1n) is 4.62. The third kappa shape index (κ3) is 3.53. The summed E-state index contributed by atoms with van der Waals surface area (Å²) in [5.41, 5.74) is 0.132. The molecule has 1 atom stereocenters. The van der Waals surface area contributed by atoms with E-state index in [1.54, 1.807) is 18.2 Å². The zero-order valence-corrected chi connectivity index (χ0v) is 9.24. The number of nitro groups is 1. The van der Waals surface area contributed by atoms with Crippen molar-refractivity contribution in [2.45, 2.75) is 11.8 Å². The van der Waals surface area contributed by atoms with E-state index < -0.39 is 0 Å². The van der Waals surface area contributed by atoms with Crippen LogP contribution >= 0.6 is 11.8 Å². The zero-order valence-electron chi connectivity index (χ0n) is 8.42. The predicted molar refractivity (Wildman–Crippen MR) is 60.1 cm³/mol. The van der Waals surface area contributed by atoms with Gasteiger partial charge in [0.2, 0.25) is 0 Å². The van der Waals surface area contributed by atoms with Crippen molar-refractivity contribution >= 4 is 17.4 Å². The Hall–Kier alpha value is -1.07. The molecule has 4 nitrogen and oxygen atoms in total. The molecule has 5 heteroatoms. The van der Waals surface area contributed by atoms with Crippen LogP contribution in [0.25, 0.3) is 0 Å². The molecule has 0 aliphatic rings. The van der Waals surface area contributed by atoms with Crippen LogP contribution < -0.4 is 0 Å². The topological polar surface area (TPSA) is 63.4 Å². The Kier molecular flexibility index (Phi) is 4.58. The Bertz CT molecular complexity index is 343. The van der Waals surface area contributed by atoms with Gasteiger partial charge < -0.3 is 5.11 Å². The van der Waals surface area contributed by atoms with Crippen LogP contribution in [0.2, 0.25) is 0 Å². The minimum absolute atomic E-state index is 0.105. The summed E-state index contributed by atoms with van der Waals surface area (Å²) in [6.45, 7) is 2.01. The monoisotopic (exact) mass is 227 g/mol. The molecule has 0 spiro atoms. The molecule has 0 unspecified atom stereocenters. The van der Waals surface area contributed by atoms with Gasteiger partial charge in [0.1, 0.15) is 0 Å². The van der Waals surface area contributed by atoms with Crippen molar-refractivity contribution in [1.82, 2.24) is 0 Å². The first kappa shape index (κ1) is 12.0. The first-order valence-corrected chi connectivity index (χ1v) is 5.60. The number of benzene rings is 1. The quantitative estimate of drug-likeness (QED) is 0.476. The van der Waals surface area contributed by atoms with Gasteiger partial charge in [0.25, 0.3) is 5.69 Å².